The monoisotopic (exact) mass is 595 g/mol. The molecule has 1 nitrogen and oxygen atoms in total. The fraction of sp³-hybridized carbons (Fsp3) is 0.810. The minimum Gasteiger partial charge on any atom is -0.256 e. The molecule has 1 rings (SSSR count). The summed E-state index contributed by atoms with van der Waals surface area (Å²) in [4.78, 5) is 0. The lowest BCUT2D eigenvalue weighted by Crippen LogP contribution is -1.89. The number of unbranched alkanes of at least 4 members (excludes halogenated alkanes) is 30. The second-order valence-electron chi connectivity index (χ2n) is 13.6. The van der Waals surface area contributed by atoms with E-state index in [9.17, 15) is 0 Å². The zero-order valence-corrected chi connectivity index (χ0v) is 29.5. The third-order valence-electron chi connectivity index (χ3n) is 9.29. The SMILES string of the molecule is CCCCCCCCCCCCCCCCC/C=C/C1=C(/C=C/CCCCCCCCCCCCCCCCC)[N]C=C1. The Balaban J connectivity index is 1.89. The molecule has 1 aliphatic heterocycles. The summed E-state index contributed by atoms with van der Waals surface area (Å²) in [5.74, 6) is 0. The predicted octanol–water partition coefficient (Wildman–Crippen LogP) is 15.0. The van der Waals surface area contributed by atoms with Gasteiger partial charge in [0.1, 0.15) is 0 Å². The number of hydrogen-bond acceptors (Lipinski definition) is 0. The average Bonchev–Trinajstić information content (AvgIpc) is 3.47. The van der Waals surface area contributed by atoms with Crippen molar-refractivity contribution in [3.8, 4) is 0 Å². The van der Waals surface area contributed by atoms with Crippen molar-refractivity contribution < 1.29 is 0 Å². The molecular formula is C42H76N. The molecule has 1 heterocycles. The Bertz CT molecular complexity index is 681. The van der Waals surface area contributed by atoms with E-state index in [1.54, 1.807) is 0 Å². The van der Waals surface area contributed by atoms with Crippen LogP contribution in [0.3, 0.4) is 0 Å². The van der Waals surface area contributed by atoms with E-state index in [0.717, 1.165) is 5.70 Å². The van der Waals surface area contributed by atoms with Crippen molar-refractivity contribution in [2.45, 2.75) is 219 Å². The van der Waals surface area contributed by atoms with Gasteiger partial charge in [0, 0.05) is 11.8 Å². The summed E-state index contributed by atoms with van der Waals surface area (Å²) in [6, 6.07) is 0. The van der Waals surface area contributed by atoms with Crippen LogP contribution in [0.1, 0.15) is 219 Å². The van der Waals surface area contributed by atoms with Gasteiger partial charge in [-0.25, -0.2) is 0 Å². The van der Waals surface area contributed by atoms with Gasteiger partial charge in [0.05, 0.1) is 5.70 Å². The lowest BCUT2D eigenvalue weighted by molar-refractivity contribution is 0.533. The molecule has 0 aromatic heterocycles. The van der Waals surface area contributed by atoms with E-state index in [2.05, 4.69) is 49.5 Å². The van der Waals surface area contributed by atoms with Gasteiger partial charge in [-0.1, -0.05) is 212 Å². The number of hydrogen-bond donors (Lipinski definition) is 0. The molecule has 0 bridgehead atoms. The topological polar surface area (TPSA) is 14.1 Å². The molecule has 0 aliphatic carbocycles. The van der Waals surface area contributed by atoms with Gasteiger partial charge in [-0.2, -0.15) is 0 Å². The third kappa shape index (κ3) is 28.0. The highest BCUT2D eigenvalue weighted by molar-refractivity contribution is 5.44. The Kier molecular flexibility index (Phi) is 31.1. The molecule has 0 amide bonds. The van der Waals surface area contributed by atoms with Crippen LogP contribution < -0.4 is 5.32 Å². The van der Waals surface area contributed by atoms with E-state index in [1.807, 2.05) is 6.20 Å². The maximum atomic E-state index is 4.58. The average molecular weight is 595 g/mol. The summed E-state index contributed by atoms with van der Waals surface area (Å²) in [5.41, 5.74) is 2.43. The minimum absolute atomic E-state index is 1.15. The van der Waals surface area contributed by atoms with Crippen LogP contribution in [0, 0.1) is 0 Å². The van der Waals surface area contributed by atoms with Gasteiger partial charge in [-0.3, -0.25) is 5.32 Å². The molecule has 249 valence electrons. The molecule has 0 N–H and O–H groups in total. The Morgan fingerprint density at radius 2 is 0.698 bits per heavy atom. The summed E-state index contributed by atoms with van der Waals surface area (Å²) in [7, 11) is 0. The van der Waals surface area contributed by atoms with Crippen LogP contribution in [0.5, 0.6) is 0 Å². The molecule has 1 aliphatic rings. The second-order valence-corrected chi connectivity index (χ2v) is 13.6. The molecule has 0 aromatic rings. The molecule has 0 spiro atoms. The molecule has 1 radical (unpaired) electrons. The highest BCUT2D eigenvalue weighted by Gasteiger charge is 2.04. The Labute approximate surface area is 271 Å². The van der Waals surface area contributed by atoms with Gasteiger partial charge in [-0.15, -0.1) is 0 Å². The molecule has 43 heavy (non-hydrogen) atoms. The Morgan fingerprint density at radius 3 is 1.05 bits per heavy atom. The van der Waals surface area contributed by atoms with Crippen LogP contribution in [0.15, 0.2) is 47.9 Å². The highest BCUT2D eigenvalue weighted by Crippen LogP contribution is 2.18. The van der Waals surface area contributed by atoms with E-state index in [-0.39, 0.29) is 0 Å². The molecule has 0 saturated heterocycles. The zero-order valence-electron chi connectivity index (χ0n) is 29.5. The standard InChI is InChI=1S/C42H76N/c1-3-5-7-9-11-13-15-17-19-21-23-25-27-29-31-33-35-37-41-39-40-43-42(41)38-36-34-32-30-28-26-24-22-20-18-16-14-12-10-8-6-4-2/h35-40H,3-34H2,1-2H3/b37-35+,38-36+. The fourth-order valence-electron chi connectivity index (χ4n) is 6.31. The van der Waals surface area contributed by atoms with Crippen LogP contribution in [0.25, 0.3) is 0 Å². The molecule has 0 unspecified atom stereocenters. The van der Waals surface area contributed by atoms with Crippen molar-refractivity contribution in [2.75, 3.05) is 0 Å². The van der Waals surface area contributed by atoms with Crippen molar-refractivity contribution in [1.82, 2.24) is 5.32 Å². The summed E-state index contributed by atoms with van der Waals surface area (Å²) < 4.78 is 0. The fourth-order valence-corrected chi connectivity index (χ4v) is 6.31. The van der Waals surface area contributed by atoms with Crippen LogP contribution in [0.2, 0.25) is 0 Å². The maximum Gasteiger partial charge on any atom is 0.0699 e. The van der Waals surface area contributed by atoms with Crippen LogP contribution in [-0.2, 0) is 0 Å². The smallest absolute Gasteiger partial charge is 0.0699 e. The zero-order chi connectivity index (χ0) is 30.7. The largest absolute Gasteiger partial charge is 0.256 e. The molecule has 1 heteroatoms. The van der Waals surface area contributed by atoms with Crippen molar-refractivity contribution in [1.29, 1.82) is 0 Å². The van der Waals surface area contributed by atoms with Crippen molar-refractivity contribution >= 4 is 0 Å². The van der Waals surface area contributed by atoms with Crippen molar-refractivity contribution in [3.63, 3.8) is 0 Å². The first kappa shape index (κ1) is 39.8. The number of rotatable bonds is 34. The van der Waals surface area contributed by atoms with Crippen molar-refractivity contribution in [2.24, 2.45) is 0 Å². The van der Waals surface area contributed by atoms with Gasteiger partial charge in [0.15, 0.2) is 0 Å². The van der Waals surface area contributed by atoms with Crippen LogP contribution in [0.4, 0.5) is 0 Å². The van der Waals surface area contributed by atoms with Gasteiger partial charge in [0.25, 0.3) is 0 Å². The van der Waals surface area contributed by atoms with Gasteiger partial charge in [-0.05, 0) is 37.8 Å². The third-order valence-corrected chi connectivity index (χ3v) is 9.29. The maximum absolute atomic E-state index is 4.58. The lowest BCUT2D eigenvalue weighted by Gasteiger charge is -2.03. The molecule has 0 aromatic carbocycles. The summed E-state index contributed by atoms with van der Waals surface area (Å²) >= 11 is 0. The Morgan fingerprint density at radius 1 is 0.395 bits per heavy atom. The summed E-state index contributed by atoms with van der Waals surface area (Å²) in [6.45, 7) is 4.60. The van der Waals surface area contributed by atoms with E-state index in [1.165, 1.54) is 211 Å². The van der Waals surface area contributed by atoms with Gasteiger partial charge in [0.2, 0.25) is 0 Å². The first-order valence-electron chi connectivity index (χ1n) is 19.8. The number of nitrogens with zero attached hydrogens (tertiary/aromatic N) is 1. The molecular weight excluding hydrogens is 518 g/mol. The predicted molar refractivity (Wildman–Crippen MR) is 196 cm³/mol. The van der Waals surface area contributed by atoms with Gasteiger partial charge < -0.3 is 0 Å². The molecule has 0 atom stereocenters. The lowest BCUT2D eigenvalue weighted by atomic mass is 10.0. The van der Waals surface area contributed by atoms with E-state index in [0.29, 0.717) is 0 Å². The Hall–Kier alpha value is -1.24. The van der Waals surface area contributed by atoms with E-state index < -0.39 is 0 Å². The van der Waals surface area contributed by atoms with Crippen molar-refractivity contribution in [3.05, 3.63) is 47.9 Å². The van der Waals surface area contributed by atoms with Gasteiger partial charge >= 0.3 is 0 Å². The van der Waals surface area contributed by atoms with E-state index >= 15 is 0 Å². The summed E-state index contributed by atoms with van der Waals surface area (Å²) in [6.07, 6.45) is 58.7. The minimum atomic E-state index is 1.15. The second kappa shape index (κ2) is 33.6. The van der Waals surface area contributed by atoms with Crippen LogP contribution in [-0.4, -0.2) is 0 Å². The first-order chi connectivity index (χ1) is 21.4. The van der Waals surface area contributed by atoms with E-state index in [4.69, 9.17) is 0 Å². The normalized spacial score (nSPS) is 13.3. The number of allylic oxidation sites excluding steroid dienone is 6. The first-order valence-corrected chi connectivity index (χ1v) is 19.8. The molecule has 0 fully saturated rings. The quantitative estimate of drug-likeness (QED) is 0.0658. The summed E-state index contributed by atoms with van der Waals surface area (Å²) in [5, 5.41) is 4.58. The molecule has 0 saturated carbocycles. The van der Waals surface area contributed by atoms with Crippen LogP contribution >= 0.6 is 0 Å². The highest BCUT2D eigenvalue weighted by atomic mass is 14.9.